The summed E-state index contributed by atoms with van der Waals surface area (Å²) in [6.45, 7) is 1.64. The predicted molar refractivity (Wildman–Crippen MR) is 135 cm³/mol. The number of hydrogen-bond acceptors (Lipinski definition) is 6. The lowest BCUT2D eigenvalue weighted by Gasteiger charge is -2.31. The third-order valence-corrected chi connectivity index (χ3v) is 6.05. The Balaban J connectivity index is 1.65. The smallest absolute Gasteiger partial charge is 0.243 e. The minimum Gasteiger partial charge on any atom is -0.508 e. The van der Waals surface area contributed by atoms with Crippen molar-refractivity contribution >= 4 is 45.0 Å². The summed E-state index contributed by atoms with van der Waals surface area (Å²) in [4.78, 5) is 33.0. The van der Waals surface area contributed by atoms with E-state index in [9.17, 15) is 14.7 Å². The summed E-state index contributed by atoms with van der Waals surface area (Å²) in [5.74, 6) is 0.241. The fourth-order valence-electron chi connectivity index (χ4n) is 4.06. The summed E-state index contributed by atoms with van der Waals surface area (Å²) in [6, 6.07) is 17.0. The first kappa shape index (κ1) is 24.3. The minimum absolute atomic E-state index is 0.124. The highest BCUT2D eigenvalue weighted by atomic mass is 35.5. The van der Waals surface area contributed by atoms with Crippen molar-refractivity contribution in [3.8, 4) is 11.5 Å². The highest BCUT2D eigenvalue weighted by Crippen LogP contribution is 2.28. The number of fused-ring (bicyclic) bond motifs is 1. The van der Waals surface area contributed by atoms with Crippen LogP contribution in [0.25, 0.3) is 10.8 Å². The topological polar surface area (TPSA) is 100 Å². The molecule has 0 saturated heterocycles. The van der Waals surface area contributed by atoms with Crippen LogP contribution in [0, 0.1) is 0 Å². The summed E-state index contributed by atoms with van der Waals surface area (Å²) in [5.41, 5.74) is 1.39. The fourth-order valence-corrected chi connectivity index (χ4v) is 4.27. The molecule has 4 rings (SSSR count). The van der Waals surface area contributed by atoms with Crippen LogP contribution in [0.4, 0.5) is 5.69 Å². The van der Waals surface area contributed by atoms with Gasteiger partial charge in [0, 0.05) is 25.5 Å². The van der Waals surface area contributed by atoms with Gasteiger partial charge in [0.1, 0.15) is 22.7 Å². The number of rotatable bonds is 8. The van der Waals surface area contributed by atoms with Gasteiger partial charge in [-0.3, -0.25) is 14.5 Å². The first-order valence-corrected chi connectivity index (χ1v) is 11.5. The van der Waals surface area contributed by atoms with Crippen LogP contribution in [0.3, 0.4) is 0 Å². The summed E-state index contributed by atoms with van der Waals surface area (Å²) in [6.07, 6.45) is 0.298. The number of amides is 2. The number of nitrogens with one attached hydrogen (secondary N) is 1. The number of hydrogen-bond donors (Lipinski definition) is 2. The Hall–Kier alpha value is -3.78. The van der Waals surface area contributed by atoms with Crippen LogP contribution in [-0.4, -0.2) is 47.9 Å². The Morgan fingerprint density at radius 2 is 1.89 bits per heavy atom. The number of benzene rings is 3. The number of methoxy groups -OCH3 is 1. The zero-order valence-corrected chi connectivity index (χ0v) is 20.2. The maximum absolute atomic E-state index is 13.4. The van der Waals surface area contributed by atoms with Gasteiger partial charge in [0.05, 0.1) is 13.7 Å². The van der Waals surface area contributed by atoms with Crippen LogP contribution in [0.2, 0.25) is 0 Å². The van der Waals surface area contributed by atoms with Gasteiger partial charge in [0.15, 0.2) is 6.10 Å². The highest BCUT2D eigenvalue weighted by Gasteiger charge is 2.31. The molecule has 8 nitrogen and oxygen atoms in total. The lowest BCUT2D eigenvalue weighted by molar-refractivity contribution is -0.126. The standard InChI is InChI=1S/C26H26ClN3O5/c1-16(31)30(20-7-5-19-13-22(34-2)10-6-18(19)12-20)24(11-17-3-8-21(32)9-4-17)26(33)28-15-23-14-25(27)29-35-23/h3-10,12-13,23-24,32H,11,14-15H2,1-2H3,(H,28,33)/t23?,24-/m0/s1. The number of oxime groups is 1. The molecule has 182 valence electrons. The first-order valence-electron chi connectivity index (χ1n) is 11.2. The zero-order valence-electron chi connectivity index (χ0n) is 19.4. The average Bonchev–Trinajstić information content (AvgIpc) is 3.27. The molecule has 3 aromatic rings. The third kappa shape index (κ3) is 5.84. The van der Waals surface area contributed by atoms with Crippen LogP contribution in [0.5, 0.6) is 11.5 Å². The number of ether oxygens (including phenoxy) is 1. The molecule has 3 aromatic carbocycles. The van der Waals surface area contributed by atoms with Crippen LogP contribution in [0.1, 0.15) is 18.9 Å². The van der Waals surface area contributed by atoms with Crippen LogP contribution in [0.15, 0.2) is 65.8 Å². The second-order valence-corrected chi connectivity index (χ2v) is 8.75. The van der Waals surface area contributed by atoms with Crippen LogP contribution >= 0.6 is 11.6 Å². The maximum atomic E-state index is 13.4. The number of aromatic hydroxyl groups is 1. The summed E-state index contributed by atoms with van der Waals surface area (Å²) < 4.78 is 5.30. The molecular weight excluding hydrogens is 470 g/mol. The molecule has 0 spiro atoms. The van der Waals surface area contributed by atoms with Crippen molar-refractivity contribution < 1.29 is 24.3 Å². The molecule has 2 N–H and O–H groups in total. The molecule has 0 aromatic heterocycles. The van der Waals surface area contributed by atoms with Crippen molar-refractivity contribution in [2.24, 2.45) is 5.16 Å². The highest BCUT2D eigenvalue weighted by molar-refractivity contribution is 6.65. The lowest BCUT2D eigenvalue weighted by atomic mass is 10.0. The van der Waals surface area contributed by atoms with Crippen molar-refractivity contribution in [2.75, 3.05) is 18.6 Å². The van der Waals surface area contributed by atoms with Crippen molar-refractivity contribution in [3.63, 3.8) is 0 Å². The van der Waals surface area contributed by atoms with E-state index in [4.69, 9.17) is 21.2 Å². The van der Waals surface area contributed by atoms with Gasteiger partial charge in [-0.2, -0.15) is 0 Å². The van der Waals surface area contributed by atoms with Gasteiger partial charge < -0.3 is 20.0 Å². The number of carbonyl (C=O) groups is 2. The molecule has 0 saturated carbocycles. The molecule has 2 amide bonds. The van der Waals surface area contributed by atoms with Crippen molar-refractivity contribution in [1.29, 1.82) is 0 Å². The summed E-state index contributed by atoms with van der Waals surface area (Å²) in [7, 11) is 1.61. The summed E-state index contributed by atoms with van der Waals surface area (Å²) >= 11 is 5.87. The molecule has 1 aliphatic rings. The molecule has 0 radical (unpaired) electrons. The van der Waals surface area contributed by atoms with E-state index in [1.165, 1.54) is 11.8 Å². The Morgan fingerprint density at radius 3 is 2.54 bits per heavy atom. The van der Waals surface area contributed by atoms with Crippen molar-refractivity contribution in [3.05, 3.63) is 66.2 Å². The number of anilines is 1. The molecule has 0 bridgehead atoms. The van der Waals surface area contributed by atoms with Crippen LogP contribution < -0.4 is 15.0 Å². The van der Waals surface area contributed by atoms with Crippen molar-refractivity contribution in [2.45, 2.75) is 31.9 Å². The Morgan fingerprint density at radius 1 is 1.17 bits per heavy atom. The monoisotopic (exact) mass is 495 g/mol. The average molecular weight is 496 g/mol. The molecule has 0 fully saturated rings. The van der Waals surface area contributed by atoms with E-state index in [2.05, 4.69) is 10.5 Å². The van der Waals surface area contributed by atoms with E-state index in [1.807, 2.05) is 36.4 Å². The van der Waals surface area contributed by atoms with E-state index in [-0.39, 0.29) is 36.6 Å². The van der Waals surface area contributed by atoms with E-state index >= 15 is 0 Å². The molecule has 1 unspecified atom stereocenters. The first-order chi connectivity index (χ1) is 16.8. The Bertz CT molecular complexity index is 1260. The van der Waals surface area contributed by atoms with Gasteiger partial charge in [-0.15, -0.1) is 0 Å². The maximum Gasteiger partial charge on any atom is 0.243 e. The lowest BCUT2D eigenvalue weighted by Crippen LogP contribution is -2.51. The molecule has 0 aliphatic carbocycles. The van der Waals surface area contributed by atoms with Crippen molar-refractivity contribution in [1.82, 2.24) is 5.32 Å². The molecule has 2 atom stereocenters. The predicted octanol–water partition coefficient (Wildman–Crippen LogP) is 3.98. The van der Waals surface area contributed by atoms with E-state index < -0.39 is 6.04 Å². The van der Waals surface area contributed by atoms with Gasteiger partial charge in [0.25, 0.3) is 0 Å². The van der Waals surface area contributed by atoms with Gasteiger partial charge in [-0.25, -0.2) is 0 Å². The second kappa shape index (κ2) is 10.7. The number of nitrogens with zero attached hydrogens (tertiary/aromatic N) is 2. The molecule has 9 heteroatoms. The number of halogens is 1. The van der Waals surface area contributed by atoms with E-state index in [0.29, 0.717) is 17.3 Å². The van der Waals surface area contributed by atoms with Gasteiger partial charge in [-0.05, 0) is 52.7 Å². The fraction of sp³-hybridized carbons (Fsp3) is 0.269. The minimum atomic E-state index is -0.842. The second-order valence-electron chi connectivity index (χ2n) is 8.32. The SMILES string of the molecule is COc1ccc2cc(N(C(C)=O)[C@@H](Cc3ccc(O)cc3)C(=O)NCC3CC(Cl)=NO3)ccc2c1. The number of phenolic OH excluding ortho intramolecular Hbond substituents is 1. The summed E-state index contributed by atoms with van der Waals surface area (Å²) in [5, 5.41) is 18.4. The van der Waals surface area contributed by atoms with E-state index in [0.717, 1.165) is 22.1 Å². The van der Waals surface area contributed by atoms with E-state index in [1.54, 1.807) is 31.4 Å². The molecule has 35 heavy (non-hydrogen) atoms. The van der Waals surface area contributed by atoms with Gasteiger partial charge >= 0.3 is 0 Å². The molecule has 1 heterocycles. The number of phenols is 1. The zero-order chi connectivity index (χ0) is 24.9. The molecule has 1 aliphatic heterocycles. The number of carbonyl (C=O) groups excluding carboxylic acids is 2. The van der Waals surface area contributed by atoms with Gasteiger partial charge in [0.2, 0.25) is 11.8 Å². The quantitative estimate of drug-likeness (QED) is 0.492. The Labute approximate surface area is 208 Å². The largest absolute Gasteiger partial charge is 0.508 e. The normalized spacial score (nSPS) is 15.7. The van der Waals surface area contributed by atoms with Crippen LogP contribution in [-0.2, 0) is 20.8 Å². The Kier molecular flexibility index (Phi) is 7.41. The van der Waals surface area contributed by atoms with Gasteiger partial charge in [-0.1, -0.05) is 41.0 Å². The third-order valence-electron chi connectivity index (χ3n) is 5.83. The molecular formula is C26H26ClN3O5.